The van der Waals surface area contributed by atoms with Crippen molar-refractivity contribution in [2.45, 2.75) is 186 Å². The highest BCUT2D eigenvalue weighted by atomic mass is 16.4. The van der Waals surface area contributed by atoms with Gasteiger partial charge >= 0.3 is 5.97 Å². The van der Waals surface area contributed by atoms with Gasteiger partial charge in [0.25, 0.3) is 0 Å². The van der Waals surface area contributed by atoms with E-state index in [-0.39, 0.29) is 51.8 Å². The minimum Gasteiger partial charge on any atom is -0.516 e. The number of hydrogen-bond acceptors (Lipinski definition) is 6. The number of aliphatic hydroxyl groups excluding tert-OH is 3. The van der Waals surface area contributed by atoms with Crippen molar-refractivity contribution < 1.29 is 25.2 Å². The highest BCUT2D eigenvalue weighted by Crippen LogP contribution is 2.92. The molecule has 6 fully saturated rings. The lowest BCUT2D eigenvalue weighted by Gasteiger charge is -2.77. The van der Waals surface area contributed by atoms with Crippen LogP contribution >= 0.6 is 0 Å². The van der Waals surface area contributed by atoms with Crippen molar-refractivity contribution in [1.29, 1.82) is 0 Å². The van der Waals surface area contributed by atoms with E-state index in [2.05, 4.69) is 157 Å². The summed E-state index contributed by atoms with van der Waals surface area (Å²) in [4.78, 5) is 15.3. The summed E-state index contributed by atoms with van der Waals surface area (Å²) in [6, 6.07) is 30.0. The van der Waals surface area contributed by atoms with Crippen molar-refractivity contribution in [3.05, 3.63) is 183 Å². The normalized spacial score (nSPS) is 44.1. The van der Waals surface area contributed by atoms with Crippen LogP contribution in [0, 0.1) is 103 Å². The summed E-state index contributed by atoms with van der Waals surface area (Å²) in [5.74, 6) is 9.01. The Morgan fingerprint density at radius 3 is 2.52 bits per heavy atom. The number of carboxylic acid groups (broad SMARTS) is 1. The number of carboxylic acids is 1. The smallest absolute Gasteiger partial charge is 0.307 e. The van der Waals surface area contributed by atoms with Gasteiger partial charge in [-0.2, -0.15) is 0 Å². The third-order valence-corrected chi connectivity index (χ3v) is 30.3. The van der Waals surface area contributed by atoms with Crippen molar-refractivity contribution >= 4 is 23.2 Å². The lowest BCUT2D eigenvalue weighted by Crippen LogP contribution is -2.71. The maximum Gasteiger partial charge on any atom is 0.307 e. The lowest BCUT2D eigenvalue weighted by molar-refractivity contribution is -0.208. The molecule has 3 aromatic carbocycles. The van der Waals surface area contributed by atoms with Gasteiger partial charge in [0.1, 0.15) is 0 Å². The van der Waals surface area contributed by atoms with Gasteiger partial charge in [-0.15, -0.1) is 11.8 Å². The highest BCUT2D eigenvalue weighted by Gasteiger charge is 2.87. The molecule has 22 rings (SSSR count). The van der Waals surface area contributed by atoms with Gasteiger partial charge in [-0.25, -0.2) is 0 Å². The van der Waals surface area contributed by atoms with Crippen LogP contribution in [0.25, 0.3) is 17.2 Å². The number of dihydropyridines is 1. The zero-order chi connectivity index (χ0) is 61.3. The van der Waals surface area contributed by atoms with Crippen LogP contribution in [0.2, 0.25) is 0 Å². The van der Waals surface area contributed by atoms with Gasteiger partial charge in [0, 0.05) is 64.8 Å². The van der Waals surface area contributed by atoms with Gasteiger partial charge in [0.15, 0.2) is 0 Å². The topological polar surface area (TPSA) is 122 Å². The molecule has 13 aliphatic carbocycles. The fourth-order valence-corrected chi connectivity index (χ4v) is 27.3. The number of carbonyl (C=O) groups is 1. The van der Waals surface area contributed by atoms with E-state index >= 15 is 4.79 Å². The molecule has 6 N–H and O–H groups in total. The molecular weight excluding hydrogens is 1120 g/mol. The van der Waals surface area contributed by atoms with E-state index in [0.717, 1.165) is 101 Å². The maximum atomic E-state index is 15.3. The van der Waals surface area contributed by atoms with Crippen LogP contribution < -0.4 is 21.1 Å². The Bertz CT molecular complexity index is 3980. The number of aliphatic hydroxyl groups is 3. The average molecular weight is 1210 g/mol. The largest absolute Gasteiger partial charge is 0.516 e. The van der Waals surface area contributed by atoms with E-state index in [0.29, 0.717) is 50.5 Å². The first-order valence-corrected chi connectivity index (χ1v) is 36.4. The molecule has 0 aromatic heterocycles. The van der Waals surface area contributed by atoms with Crippen LogP contribution in [-0.2, 0) is 11.2 Å². The van der Waals surface area contributed by atoms with Gasteiger partial charge in [0.2, 0.25) is 0 Å². The van der Waals surface area contributed by atoms with Gasteiger partial charge in [-0.05, 0) is 236 Å². The molecule has 19 bridgehead atoms. The monoisotopic (exact) mass is 1210 g/mol. The molecule has 7 nitrogen and oxygen atoms in total. The summed E-state index contributed by atoms with van der Waals surface area (Å²) in [5, 5.41) is 62.1. The summed E-state index contributed by atoms with van der Waals surface area (Å²) < 4.78 is 0. The van der Waals surface area contributed by atoms with E-state index in [1.165, 1.54) is 95.1 Å². The zero-order valence-electron chi connectivity index (χ0n) is 53.8. The Labute approximate surface area is 540 Å². The number of fused-ring (bicyclic) bond motifs is 2. The quantitative estimate of drug-likeness (QED) is 0.0874. The predicted molar refractivity (Wildman–Crippen MR) is 360 cm³/mol. The fourth-order valence-electron chi connectivity index (χ4n) is 27.3. The fraction of sp³-hybridized carbons (Fsp3) is 0.560. The van der Waals surface area contributed by atoms with Crippen molar-refractivity contribution in [2.75, 3.05) is 13.1 Å². The van der Waals surface area contributed by atoms with E-state index in [4.69, 9.17) is 0 Å². The zero-order valence-corrected chi connectivity index (χ0v) is 53.8. The molecule has 0 amide bonds. The molecule has 3 aromatic rings. The van der Waals surface area contributed by atoms with Crippen LogP contribution in [0.1, 0.15) is 184 Å². The van der Waals surface area contributed by atoms with Crippen LogP contribution in [0.5, 0.6) is 0 Å². The third-order valence-electron chi connectivity index (χ3n) is 30.3. The van der Waals surface area contributed by atoms with Gasteiger partial charge < -0.3 is 31.1 Å². The van der Waals surface area contributed by atoms with E-state index in [9.17, 15) is 20.4 Å². The lowest BCUT2D eigenvalue weighted by atomic mass is 9.26. The first-order chi connectivity index (χ1) is 44.4. The molecule has 91 heavy (non-hydrogen) atoms. The Morgan fingerprint density at radius 2 is 1.67 bits per heavy atom. The third kappa shape index (κ3) is 7.56. The second kappa shape index (κ2) is 20.7. The van der Waals surface area contributed by atoms with Crippen molar-refractivity contribution in [1.82, 2.24) is 10.6 Å². The molecular formula is C84H96N2O5. The summed E-state index contributed by atoms with van der Waals surface area (Å²) >= 11 is 0. The molecule has 472 valence electrons. The molecule has 4 spiro atoms. The van der Waals surface area contributed by atoms with Gasteiger partial charge in [0.05, 0.1) is 30.2 Å². The summed E-state index contributed by atoms with van der Waals surface area (Å²) in [7, 11) is 0. The standard InChI is InChI=1S/C84H96N2O5/c1-77-61-30-37-81-41-40-78(36-29-54(47-78)43-53-15-4-2-5-16-53)70(81)31-39-83(77)66(75(90)91)27-25-60(52-87)62(55-17-6-3-7-18-55)24-13-42-85-73-28-26-59(51-86-73)56-20-12-21-57(44-56)63-23-10-11-34-80-35-14-33-79-48-65-67(45-58-19-8-9-22-64(58)74(63)65)82(76(79)80,38-32-71(80)88)68(46-61)69(49-79)84(77,81)50-72(83)89/h2,4-5,8-9,12,14-16,19-22,26,28,31,33,39,44-45,48,52,54-55,61-63,66-67,70-72,76,85-89H,3,6-7,13,17-18,23-25,27,29-30,32,34-38,40-43,46-47,49-51H2,1H3,(H,90,91). The summed E-state index contributed by atoms with van der Waals surface area (Å²) in [6.07, 6.45) is 44.4. The van der Waals surface area contributed by atoms with Crippen molar-refractivity contribution in [3.8, 4) is 11.8 Å². The van der Waals surface area contributed by atoms with E-state index < -0.39 is 51.2 Å². The number of hydrogen-bond donors (Lipinski definition) is 6. The molecule has 18 atom stereocenters. The number of aliphatic carboxylic acids is 1. The van der Waals surface area contributed by atoms with Crippen molar-refractivity contribution in [2.24, 2.45) is 90.7 Å². The van der Waals surface area contributed by atoms with E-state index in [1.807, 2.05) is 0 Å². The molecule has 6 saturated carbocycles. The average Bonchev–Trinajstić information content (AvgIpc) is 1.57. The van der Waals surface area contributed by atoms with Crippen LogP contribution in [0.4, 0.5) is 0 Å². The first kappa shape index (κ1) is 57.6. The first-order valence-electron chi connectivity index (χ1n) is 36.4. The highest BCUT2D eigenvalue weighted by molar-refractivity contribution is 5.81. The number of nitrogens with one attached hydrogen (secondary N) is 2. The molecule has 18 unspecified atom stereocenters. The Hall–Kier alpha value is -6.07. The van der Waals surface area contributed by atoms with Gasteiger partial charge in [-0.1, -0.05) is 159 Å². The minimum atomic E-state index is -1.06. The maximum absolute atomic E-state index is 15.3. The molecule has 6 aliphatic heterocycles. The second-order valence-electron chi connectivity index (χ2n) is 33.0. The number of allylic oxidation sites excluding steroid dienone is 10. The summed E-state index contributed by atoms with van der Waals surface area (Å²) in [5.41, 5.74) is 8.92. The van der Waals surface area contributed by atoms with Gasteiger partial charge in [-0.3, -0.25) is 4.79 Å². The molecule has 0 saturated heterocycles. The van der Waals surface area contributed by atoms with Crippen LogP contribution in [0.15, 0.2) is 156 Å². The number of rotatable bonds is 4. The molecule has 19 aliphatic rings. The van der Waals surface area contributed by atoms with Crippen LogP contribution in [0.3, 0.4) is 0 Å². The SMILES string of the molecule is CC12C3CCC45CCC6(CCC(Cc7ccccc7)C6)C4C=CC14C(O)CC52C1=C(C3)C23CCC(O)C56CC#CCC(C7=c8ccccc8=CC2C7=CC(C=CC5)(C1)C63)c1cccc(c1)C1=CC=C(NCCCC(C2CCCCC2)C(=CO)CCC4C(=O)O)NC1. The van der Waals surface area contributed by atoms with Crippen molar-refractivity contribution in [3.63, 3.8) is 0 Å². The molecule has 6 heterocycles. The Morgan fingerprint density at radius 1 is 0.802 bits per heavy atom. The predicted octanol–water partition coefficient (Wildman–Crippen LogP) is 15.0. The Balaban J connectivity index is 0.892. The summed E-state index contributed by atoms with van der Waals surface area (Å²) in [6.45, 7) is 4.12. The Kier molecular flexibility index (Phi) is 13.1. The molecule has 7 heteroatoms. The minimum absolute atomic E-state index is 0.00285. The number of benzene rings is 3. The van der Waals surface area contributed by atoms with E-state index in [1.54, 1.807) is 11.1 Å². The second-order valence-corrected chi connectivity index (χ2v) is 33.0. The van der Waals surface area contributed by atoms with Crippen LogP contribution in [-0.4, -0.2) is 51.7 Å². The molecule has 0 radical (unpaired) electrons.